The van der Waals surface area contributed by atoms with Crippen LogP contribution in [0.2, 0.25) is 0 Å². The first kappa shape index (κ1) is 23.3. The van der Waals surface area contributed by atoms with Crippen molar-refractivity contribution in [2.24, 2.45) is 0 Å². The normalized spacial score (nSPS) is 22.5. The fraction of sp³-hybridized carbons (Fsp3) is 0.895. The van der Waals surface area contributed by atoms with Gasteiger partial charge in [0.2, 0.25) is 0 Å². The van der Waals surface area contributed by atoms with Crippen molar-refractivity contribution in [2.45, 2.75) is 102 Å². The quantitative estimate of drug-likeness (QED) is 0.452. The molecule has 152 valence electrons. The van der Waals surface area contributed by atoms with E-state index < -0.39 is 12.2 Å². The Hall–Kier alpha value is -0.690. The number of hydrogen-bond donors (Lipinski definition) is 3. The number of aromatic nitrogens is 3. The Kier molecular flexibility index (Phi) is 12.1. The third-order valence-corrected chi connectivity index (χ3v) is 5.15. The van der Waals surface area contributed by atoms with Gasteiger partial charge in [0, 0.05) is 12.7 Å². The molecule has 0 aliphatic carbocycles. The lowest BCUT2D eigenvalue weighted by Crippen LogP contribution is -2.36. The first-order valence-corrected chi connectivity index (χ1v) is 10.2. The first-order chi connectivity index (χ1) is 12.2. The van der Waals surface area contributed by atoms with Gasteiger partial charge in [-0.15, -0.1) is 17.5 Å². The minimum absolute atomic E-state index is 0. The van der Waals surface area contributed by atoms with E-state index in [0.717, 1.165) is 18.5 Å². The number of nitrogens with one attached hydrogen (secondary N) is 1. The molecule has 0 saturated carbocycles. The average Bonchev–Trinajstić information content (AvgIpc) is 3.18. The van der Waals surface area contributed by atoms with E-state index in [1.54, 1.807) is 4.68 Å². The van der Waals surface area contributed by atoms with Crippen molar-refractivity contribution < 1.29 is 10.2 Å². The molecule has 7 heteroatoms. The Morgan fingerprint density at radius 2 is 1.65 bits per heavy atom. The molecular formula is C19H37ClN4O2. The lowest BCUT2D eigenvalue weighted by molar-refractivity contribution is 0.0372. The highest BCUT2D eigenvalue weighted by Crippen LogP contribution is 2.13. The SMILES string of the molecule is CCCCCCCCCCCCc1cn(C[C@H]2NC[C@H](O)[C@@H]2O)nn1.Cl. The number of halogens is 1. The summed E-state index contributed by atoms with van der Waals surface area (Å²) in [5.41, 5.74) is 1.02. The molecule has 6 nitrogen and oxygen atoms in total. The summed E-state index contributed by atoms with van der Waals surface area (Å²) in [6, 6.07) is -0.151. The summed E-state index contributed by atoms with van der Waals surface area (Å²) in [6.07, 6.45) is 14.9. The number of nitrogens with zero attached hydrogens (tertiary/aromatic N) is 3. The zero-order valence-corrected chi connectivity index (χ0v) is 17.0. The number of β-amino-alcohol motifs (C(OH)–C–C–N with tert-alkyl or cyclic N) is 1. The molecule has 1 aliphatic rings. The Labute approximate surface area is 164 Å². The summed E-state index contributed by atoms with van der Waals surface area (Å²) in [5, 5.41) is 30.9. The Morgan fingerprint density at radius 1 is 1.04 bits per heavy atom. The van der Waals surface area contributed by atoms with Gasteiger partial charge in [-0.3, -0.25) is 4.68 Å². The van der Waals surface area contributed by atoms with Gasteiger partial charge in [-0.1, -0.05) is 69.9 Å². The number of aliphatic hydroxyl groups excluding tert-OH is 2. The van der Waals surface area contributed by atoms with E-state index >= 15 is 0 Å². The maximum Gasteiger partial charge on any atom is 0.0982 e. The molecule has 0 aromatic carbocycles. The van der Waals surface area contributed by atoms with E-state index in [9.17, 15) is 10.2 Å². The summed E-state index contributed by atoms with van der Waals surface area (Å²) < 4.78 is 1.77. The van der Waals surface area contributed by atoms with Gasteiger partial charge in [0.25, 0.3) is 0 Å². The number of aliphatic hydroxyl groups is 2. The predicted octanol–water partition coefficient (Wildman–Crippen LogP) is 2.86. The van der Waals surface area contributed by atoms with E-state index in [4.69, 9.17) is 0 Å². The maximum absolute atomic E-state index is 9.86. The van der Waals surface area contributed by atoms with Crippen LogP contribution in [0.25, 0.3) is 0 Å². The molecule has 0 amide bonds. The highest BCUT2D eigenvalue weighted by molar-refractivity contribution is 5.85. The Morgan fingerprint density at radius 3 is 2.23 bits per heavy atom. The number of aryl methyl sites for hydroxylation is 1. The van der Waals surface area contributed by atoms with Crippen molar-refractivity contribution in [3.8, 4) is 0 Å². The Bertz CT molecular complexity index is 472. The molecule has 1 fully saturated rings. The maximum atomic E-state index is 9.86. The number of hydrogen-bond acceptors (Lipinski definition) is 5. The van der Waals surface area contributed by atoms with Crippen LogP contribution in [0.3, 0.4) is 0 Å². The standard InChI is InChI=1S/C19H36N4O2.ClH/c1-2-3-4-5-6-7-8-9-10-11-12-16-14-23(22-21-16)15-17-19(25)18(24)13-20-17;/h14,17-20,24-25H,2-13,15H2,1H3;1H/t17-,18+,19-;/m1./s1. The van der Waals surface area contributed by atoms with E-state index in [2.05, 4.69) is 22.6 Å². The zero-order valence-electron chi connectivity index (χ0n) is 16.1. The molecule has 1 aromatic rings. The molecule has 0 bridgehead atoms. The fourth-order valence-electron chi connectivity index (χ4n) is 3.49. The first-order valence-electron chi connectivity index (χ1n) is 10.2. The second-order valence-electron chi connectivity index (χ2n) is 7.44. The molecule has 2 rings (SSSR count). The van der Waals surface area contributed by atoms with Crippen LogP contribution in [0.1, 0.15) is 76.8 Å². The largest absolute Gasteiger partial charge is 0.389 e. The van der Waals surface area contributed by atoms with Gasteiger partial charge in [0.15, 0.2) is 0 Å². The van der Waals surface area contributed by atoms with E-state index in [-0.39, 0.29) is 18.4 Å². The smallest absolute Gasteiger partial charge is 0.0982 e. The third-order valence-electron chi connectivity index (χ3n) is 5.15. The highest BCUT2D eigenvalue weighted by atomic mass is 35.5. The molecule has 3 N–H and O–H groups in total. The van der Waals surface area contributed by atoms with Crippen LogP contribution in [0.5, 0.6) is 0 Å². The highest BCUT2D eigenvalue weighted by Gasteiger charge is 2.33. The zero-order chi connectivity index (χ0) is 17.9. The summed E-state index contributed by atoms with van der Waals surface area (Å²) in [5.74, 6) is 0. The van der Waals surface area contributed by atoms with Crippen molar-refractivity contribution in [3.63, 3.8) is 0 Å². The van der Waals surface area contributed by atoms with Crippen molar-refractivity contribution in [1.82, 2.24) is 20.3 Å². The predicted molar refractivity (Wildman–Crippen MR) is 107 cm³/mol. The van der Waals surface area contributed by atoms with Crippen LogP contribution in [0.15, 0.2) is 6.20 Å². The molecule has 3 atom stereocenters. The third kappa shape index (κ3) is 8.33. The summed E-state index contributed by atoms with van der Waals surface area (Å²) >= 11 is 0. The minimum Gasteiger partial charge on any atom is -0.389 e. The van der Waals surface area contributed by atoms with Crippen molar-refractivity contribution in [2.75, 3.05) is 6.54 Å². The van der Waals surface area contributed by atoms with Gasteiger partial charge in [0.05, 0.1) is 30.5 Å². The van der Waals surface area contributed by atoms with Crippen molar-refractivity contribution in [1.29, 1.82) is 0 Å². The van der Waals surface area contributed by atoms with Gasteiger partial charge in [-0.05, 0) is 12.8 Å². The topological polar surface area (TPSA) is 83.2 Å². The van der Waals surface area contributed by atoms with Crippen LogP contribution in [-0.2, 0) is 13.0 Å². The van der Waals surface area contributed by atoms with Crippen molar-refractivity contribution in [3.05, 3.63) is 11.9 Å². The minimum atomic E-state index is -0.727. The van der Waals surface area contributed by atoms with E-state index in [1.165, 1.54) is 57.8 Å². The molecule has 1 aliphatic heterocycles. The second-order valence-corrected chi connectivity index (χ2v) is 7.44. The second kappa shape index (κ2) is 13.5. The van der Waals surface area contributed by atoms with Crippen LogP contribution in [0, 0.1) is 0 Å². The van der Waals surface area contributed by atoms with Crippen LogP contribution in [-0.4, -0.2) is 50.0 Å². The van der Waals surface area contributed by atoms with Crippen LogP contribution in [0.4, 0.5) is 0 Å². The molecular weight excluding hydrogens is 352 g/mol. The van der Waals surface area contributed by atoms with Gasteiger partial charge in [-0.25, -0.2) is 0 Å². The summed E-state index contributed by atoms with van der Waals surface area (Å²) in [4.78, 5) is 0. The van der Waals surface area contributed by atoms with Crippen molar-refractivity contribution >= 4 is 12.4 Å². The lowest BCUT2D eigenvalue weighted by atomic mass is 10.1. The molecule has 0 spiro atoms. The molecule has 1 saturated heterocycles. The van der Waals surface area contributed by atoms with Gasteiger partial charge in [-0.2, -0.15) is 0 Å². The van der Waals surface area contributed by atoms with Gasteiger partial charge in [0.1, 0.15) is 0 Å². The number of rotatable bonds is 13. The van der Waals surface area contributed by atoms with Crippen LogP contribution >= 0.6 is 12.4 Å². The van der Waals surface area contributed by atoms with Gasteiger partial charge < -0.3 is 15.5 Å². The monoisotopic (exact) mass is 388 g/mol. The summed E-state index contributed by atoms with van der Waals surface area (Å²) in [6.45, 7) is 3.24. The summed E-state index contributed by atoms with van der Waals surface area (Å²) in [7, 11) is 0. The number of unbranched alkanes of at least 4 members (excludes halogenated alkanes) is 9. The molecule has 1 aromatic heterocycles. The molecule has 0 radical (unpaired) electrons. The molecule has 2 heterocycles. The average molecular weight is 389 g/mol. The van der Waals surface area contributed by atoms with E-state index in [0.29, 0.717) is 13.1 Å². The molecule has 0 unspecified atom stereocenters. The van der Waals surface area contributed by atoms with Crippen LogP contribution < -0.4 is 5.32 Å². The van der Waals surface area contributed by atoms with E-state index in [1.807, 2.05) is 6.20 Å². The van der Waals surface area contributed by atoms with Gasteiger partial charge >= 0.3 is 0 Å². The fourth-order valence-corrected chi connectivity index (χ4v) is 3.49. The Balaban J connectivity index is 0.00000338. The molecule has 26 heavy (non-hydrogen) atoms. The lowest BCUT2D eigenvalue weighted by Gasteiger charge is -2.15.